The number of hydrogen-bond acceptors (Lipinski definition) is 1. The standard InChI is InChI=1S/C20H22N2O/c1-13(16-7-5-4-6-8-16)12-21-20(23)17-9-10-19-18(11-17)14(2)15(3)22-19/h4-11,13,22H,12H2,1-3H3,(H,21,23)/t13-/m0/s1. The van der Waals surface area contributed by atoms with Crippen molar-refractivity contribution in [3.05, 3.63) is 70.9 Å². The van der Waals surface area contributed by atoms with Gasteiger partial charge >= 0.3 is 0 Å². The SMILES string of the molecule is Cc1[nH]c2ccc(C(=O)NC[C@H](C)c3ccccc3)cc2c1C. The second kappa shape index (κ2) is 6.29. The van der Waals surface area contributed by atoms with E-state index in [1.54, 1.807) is 0 Å². The molecule has 0 radical (unpaired) electrons. The molecule has 118 valence electrons. The largest absolute Gasteiger partial charge is 0.358 e. The number of aromatic nitrogens is 1. The number of rotatable bonds is 4. The zero-order valence-electron chi connectivity index (χ0n) is 13.8. The lowest BCUT2D eigenvalue weighted by molar-refractivity contribution is 0.0952. The second-order valence-corrected chi connectivity index (χ2v) is 6.16. The summed E-state index contributed by atoms with van der Waals surface area (Å²) in [4.78, 5) is 15.8. The number of fused-ring (bicyclic) bond motifs is 1. The highest BCUT2D eigenvalue weighted by Gasteiger charge is 2.11. The Kier molecular flexibility index (Phi) is 4.20. The van der Waals surface area contributed by atoms with Crippen LogP contribution >= 0.6 is 0 Å². The van der Waals surface area contributed by atoms with E-state index >= 15 is 0 Å². The summed E-state index contributed by atoms with van der Waals surface area (Å²) in [5.74, 6) is 0.271. The van der Waals surface area contributed by atoms with Crippen molar-refractivity contribution in [2.75, 3.05) is 6.54 Å². The van der Waals surface area contributed by atoms with Crippen molar-refractivity contribution >= 4 is 16.8 Å². The maximum absolute atomic E-state index is 12.4. The Balaban J connectivity index is 1.72. The minimum Gasteiger partial charge on any atom is -0.358 e. The second-order valence-electron chi connectivity index (χ2n) is 6.16. The Morgan fingerprint density at radius 3 is 2.61 bits per heavy atom. The van der Waals surface area contributed by atoms with Crippen molar-refractivity contribution in [3.63, 3.8) is 0 Å². The number of carbonyl (C=O) groups is 1. The molecule has 1 heterocycles. The molecule has 0 fully saturated rings. The van der Waals surface area contributed by atoms with E-state index in [0.717, 1.165) is 16.6 Å². The van der Waals surface area contributed by atoms with E-state index in [4.69, 9.17) is 0 Å². The summed E-state index contributed by atoms with van der Waals surface area (Å²) in [6.45, 7) is 6.88. The van der Waals surface area contributed by atoms with Crippen LogP contribution in [-0.2, 0) is 0 Å². The van der Waals surface area contributed by atoms with Gasteiger partial charge in [-0.3, -0.25) is 4.79 Å². The summed E-state index contributed by atoms with van der Waals surface area (Å²) in [7, 11) is 0. The predicted molar refractivity (Wildman–Crippen MR) is 95.0 cm³/mol. The molecule has 3 heteroatoms. The molecular weight excluding hydrogens is 284 g/mol. The zero-order valence-corrected chi connectivity index (χ0v) is 13.8. The van der Waals surface area contributed by atoms with E-state index in [2.05, 4.69) is 43.2 Å². The number of hydrogen-bond donors (Lipinski definition) is 2. The van der Waals surface area contributed by atoms with Crippen molar-refractivity contribution < 1.29 is 4.79 Å². The van der Waals surface area contributed by atoms with Gasteiger partial charge in [0.25, 0.3) is 5.91 Å². The van der Waals surface area contributed by atoms with E-state index in [0.29, 0.717) is 18.0 Å². The van der Waals surface area contributed by atoms with Crippen LogP contribution in [0.2, 0.25) is 0 Å². The van der Waals surface area contributed by atoms with E-state index < -0.39 is 0 Å². The molecule has 0 spiro atoms. The van der Waals surface area contributed by atoms with Crippen LogP contribution in [0.4, 0.5) is 0 Å². The van der Waals surface area contributed by atoms with Crippen LogP contribution in [0.3, 0.4) is 0 Å². The number of amides is 1. The van der Waals surface area contributed by atoms with Crippen molar-refractivity contribution in [3.8, 4) is 0 Å². The summed E-state index contributed by atoms with van der Waals surface area (Å²) in [6.07, 6.45) is 0. The first-order valence-electron chi connectivity index (χ1n) is 7.98. The van der Waals surface area contributed by atoms with Gasteiger partial charge in [0.15, 0.2) is 0 Å². The minimum atomic E-state index is -0.0204. The van der Waals surface area contributed by atoms with Gasteiger partial charge in [-0.1, -0.05) is 37.3 Å². The molecule has 1 amide bonds. The predicted octanol–water partition coefficient (Wildman–Crippen LogP) is 4.32. The molecule has 0 aliphatic heterocycles. The van der Waals surface area contributed by atoms with Crippen LogP contribution in [0.5, 0.6) is 0 Å². The average molecular weight is 306 g/mol. The molecule has 1 aromatic heterocycles. The molecule has 2 N–H and O–H groups in total. The molecule has 0 aliphatic carbocycles. The van der Waals surface area contributed by atoms with E-state index in [9.17, 15) is 4.79 Å². The van der Waals surface area contributed by atoms with Gasteiger partial charge in [-0.15, -0.1) is 0 Å². The topological polar surface area (TPSA) is 44.9 Å². The number of aryl methyl sites for hydroxylation is 2. The zero-order chi connectivity index (χ0) is 16.4. The molecule has 3 nitrogen and oxygen atoms in total. The number of carbonyl (C=O) groups excluding carboxylic acids is 1. The first kappa shape index (κ1) is 15.3. The fourth-order valence-electron chi connectivity index (χ4n) is 2.85. The molecule has 2 aromatic carbocycles. The Morgan fingerprint density at radius 1 is 1.13 bits per heavy atom. The van der Waals surface area contributed by atoms with Crippen molar-refractivity contribution in [2.24, 2.45) is 0 Å². The third-order valence-electron chi connectivity index (χ3n) is 4.51. The van der Waals surface area contributed by atoms with Gasteiger partial charge in [0.1, 0.15) is 0 Å². The Labute approximate surface area is 136 Å². The highest BCUT2D eigenvalue weighted by Crippen LogP contribution is 2.22. The van der Waals surface area contributed by atoms with E-state index in [1.807, 2.05) is 36.4 Å². The number of benzene rings is 2. The van der Waals surface area contributed by atoms with Crippen LogP contribution in [-0.4, -0.2) is 17.4 Å². The average Bonchev–Trinajstić information content (AvgIpc) is 2.87. The fourth-order valence-corrected chi connectivity index (χ4v) is 2.85. The molecule has 0 saturated carbocycles. The lowest BCUT2D eigenvalue weighted by Gasteiger charge is -2.13. The highest BCUT2D eigenvalue weighted by molar-refractivity contribution is 5.99. The third kappa shape index (κ3) is 3.14. The van der Waals surface area contributed by atoms with Crippen molar-refractivity contribution in [2.45, 2.75) is 26.7 Å². The lowest BCUT2D eigenvalue weighted by atomic mass is 10.0. The normalized spacial score (nSPS) is 12.3. The molecule has 0 saturated heterocycles. The van der Waals surface area contributed by atoms with Gasteiger partial charge in [0, 0.05) is 28.7 Å². The van der Waals surface area contributed by atoms with Gasteiger partial charge in [-0.25, -0.2) is 0 Å². The number of H-pyrrole nitrogens is 1. The van der Waals surface area contributed by atoms with Gasteiger partial charge in [-0.05, 0) is 49.1 Å². The van der Waals surface area contributed by atoms with Crippen LogP contribution in [0.15, 0.2) is 48.5 Å². The monoisotopic (exact) mass is 306 g/mol. The fraction of sp³-hybridized carbons (Fsp3) is 0.250. The maximum Gasteiger partial charge on any atom is 0.251 e. The third-order valence-corrected chi connectivity index (χ3v) is 4.51. The summed E-state index contributed by atoms with van der Waals surface area (Å²) in [5, 5.41) is 4.16. The quantitative estimate of drug-likeness (QED) is 0.741. The molecule has 1 atom stereocenters. The Morgan fingerprint density at radius 2 is 1.87 bits per heavy atom. The summed E-state index contributed by atoms with van der Waals surface area (Å²) in [5.41, 5.74) is 5.37. The van der Waals surface area contributed by atoms with Gasteiger partial charge in [0.2, 0.25) is 0 Å². The lowest BCUT2D eigenvalue weighted by Crippen LogP contribution is -2.27. The number of aromatic amines is 1. The van der Waals surface area contributed by atoms with Gasteiger partial charge < -0.3 is 10.3 Å². The molecule has 3 aromatic rings. The molecule has 3 rings (SSSR count). The van der Waals surface area contributed by atoms with Gasteiger partial charge in [0.05, 0.1) is 0 Å². The van der Waals surface area contributed by atoms with E-state index in [1.165, 1.54) is 11.1 Å². The molecule has 0 bridgehead atoms. The number of nitrogens with one attached hydrogen (secondary N) is 2. The van der Waals surface area contributed by atoms with Crippen LogP contribution < -0.4 is 5.32 Å². The Hall–Kier alpha value is -2.55. The summed E-state index contributed by atoms with van der Waals surface area (Å²) in [6, 6.07) is 16.1. The molecule has 0 unspecified atom stereocenters. The molecule has 0 aliphatic rings. The highest BCUT2D eigenvalue weighted by atomic mass is 16.1. The van der Waals surface area contributed by atoms with Crippen molar-refractivity contribution in [1.82, 2.24) is 10.3 Å². The van der Waals surface area contributed by atoms with Gasteiger partial charge in [-0.2, -0.15) is 0 Å². The molecular formula is C20H22N2O. The smallest absolute Gasteiger partial charge is 0.251 e. The summed E-state index contributed by atoms with van der Waals surface area (Å²) >= 11 is 0. The minimum absolute atomic E-state index is 0.0204. The first-order chi connectivity index (χ1) is 11.1. The maximum atomic E-state index is 12.4. The summed E-state index contributed by atoms with van der Waals surface area (Å²) < 4.78 is 0. The van der Waals surface area contributed by atoms with E-state index in [-0.39, 0.29) is 5.91 Å². The van der Waals surface area contributed by atoms with Crippen LogP contribution in [0.25, 0.3) is 10.9 Å². The first-order valence-corrected chi connectivity index (χ1v) is 7.98. The Bertz CT molecular complexity index is 833. The van der Waals surface area contributed by atoms with Crippen LogP contribution in [0, 0.1) is 13.8 Å². The molecule has 23 heavy (non-hydrogen) atoms. The van der Waals surface area contributed by atoms with Crippen LogP contribution in [0.1, 0.15) is 40.0 Å². The van der Waals surface area contributed by atoms with Crippen molar-refractivity contribution in [1.29, 1.82) is 0 Å².